The summed E-state index contributed by atoms with van der Waals surface area (Å²) in [6.07, 6.45) is 0.987. The van der Waals surface area contributed by atoms with Crippen molar-refractivity contribution in [2.24, 2.45) is 7.05 Å². The Morgan fingerprint density at radius 2 is 1.80 bits per heavy atom. The van der Waals surface area contributed by atoms with Gasteiger partial charge in [0.2, 0.25) is 0 Å². The average Bonchev–Trinajstić information content (AvgIpc) is 2.87. The lowest BCUT2D eigenvalue weighted by molar-refractivity contribution is 0.310. The molecule has 1 N–H and O–H groups in total. The van der Waals surface area contributed by atoms with Crippen LogP contribution in [0.3, 0.4) is 0 Å². The molecule has 1 aliphatic rings. The Kier molecular flexibility index (Phi) is 3.81. The number of aromatic nitrogens is 1. The van der Waals surface area contributed by atoms with Gasteiger partial charge in [0.05, 0.1) is 4.90 Å². The summed E-state index contributed by atoms with van der Waals surface area (Å²) >= 11 is 0. The number of hydrogen-bond acceptors (Lipinski definition) is 3. The highest BCUT2D eigenvalue weighted by molar-refractivity contribution is 7.92. The summed E-state index contributed by atoms with van der Waals surface area (Å²) in [6, 6.07) is 14.4. The van der Waals surface area contributed by atoms with Gasteiger partial charge in [-0.3, -0.25) is 4.72 Å². The number of rotatable bonds is 3. The Balaban J connectivity index is 1.80. The predicted octanol–water partition coefficient (Wildman–Crippen LogP) is 2.97. The lowest BCUT2D eigenvalue weighted by Gasteiger charge is -2.23. The number of para-hydroxylation sites is 1. The van der Waals surface area contributed by atoms with Crippen molar-refractivity contribution in [3.8, 4) is 0 Å². The fourth-order valence-corrected chi connectivity index (χ4v) is 4.67. The number of benzene rings is 2. The number of likely N-dealkylation sites (N-methyl/N-ethyl adjacent to an activating group) is 1. The van der Waals surface area contributed by atoms with Gasteiger partial charge in [0.1, 0.15) is 0 Å². The van der Waals surface area contributed by atoms with E-state index in [0.717, 1.165) is 30.4 Å². The normalized spacial score (nSPS) is 15.3. The molecular formula is C19H21N3O2S. The van der Waals surface area contributed by atoms with E-state index in [1.165, 1.54) is 11.3 Å². The quantitative estimate of drug-likeness (QED) is 0.786. The fraction of sp³-hybridized carbons (Fsp3) is 0.263. The van der Waals surface area contributed by atoms with E-state index in [1.54, 1.807) is 24.3 Å². The molecule has 2 heterocycles. The monoisotopic (exact) mass is 355 g/mol. The molecule has 3 aromatic rings. The van der Waals surface area contributed by atoms with Crippen molar-refractivity contribution >= 4 is 26.6 Å². The van der Waals surface area contributed by atoms with E-state index in [0.29, 0.717) is 10.6 Å². The SMILES string of the molecule is CN1CCc2c(c3cc(S(=O)(=O)Nc4ccccc4)ccc3n2C)C1. The summed E-state index contributed by atoms with van der Waals surface area (Å²) < 4.78 is 30.4. The first-order valence-corrected chi connectivity index (χ1v) is 9.80. The van der Waals surface area contributed by atoms with E-state index in [9.17, 15) is 8.42 Å². The molecule has 130 valence electrons. The summed E-state index contributed by atoms with van der Waals surface area (Å²) in [5.41, 5.74) is 4.19. The van der Waals surface area contributed by atoms with Gasteiger partial charge in [-0.15, -0.1) is 0 Å². The minimum absolute atomic E-state index is 0.297. The Morgan fingerprint density at radius 1 is 1.04 bits per heavy atom. The number of nitrogens with one attached hydrogen (secondary N) is 1. The molecule has 0 aliphatic carbocycles. The Bertz CT molecular complexity index is 1040. The molecule has 0 fully saturated rings. The third kappa shape index (κ3) is 2.81. The smallest absolute Gasteiger partial charge is 0.261 e. The van der Waals surface area contributed by atoms with Gasteiger partial charge in [0, 0.05) is 48.8 Å². The average molecular weight is 355 g/mol. The van der Waals surface area contributed by atoms with Crippen molar-refractivity contribution in [1.29, 1.82) is 0 Å². The summed E-state index contributed by atoms with van der Waals surface area (Å²) in [5, 5.41) is 1.03. The highest BCUT2D eigenvalue weighted by atomic mass is 32.2. The molecule has 0 radical (unpaired) electrons. The lowest BCUT2D eigenvalue weighted by Crippen LogP contribution is -2.26. The van der Waals surface area contributed by atoms with Gasteiger partial charge in [-0.2, -0.15) is 0 Å². The van der Waals surface area contributed by atoms with Crippen molar-refractivity contribution < 1.29 is 8.42 Å². The maximum absolute atomic E-state index is 12.8. The number of anilines is 1. The Labute approximate surface area is 147 Å². The third-order valence-electron chi connectivity index (χ3n) is 4.90. The van der Waals surface area contributed by atoms with Gasteiger partial charge in [0.15, 0.2) is 0 Å². The summed E-state index contributed by atoms with van der Waals surface area (Å²) in [4.78, 5) is 2.57. The van der Waals surface area contributed by atoms with Crippen LogP contribution < -0.4 is 4.72 Å². The van der Waals surface area contributed by atoms with Crippen LogP contribution in [0.4, 0.5) is 5.69 Å². The number of fused-ring (bicyclic) bond motifs is 3. The van der Waals surface area contributed by atoms with E-state index >= 15 is 0 Å². The number of aryl methyl sites for hydroxylation is 1. The van der Waals surface area contributed by atoms with Crippen LogP contribution in [0.25, 0.3) is 10.9 Å². The number of sulfonamides is 1. The molecule has 0 atom stereocenters. The fourth-order valence-electron chi connectivity index (χ4n) is 3.58. The standard InChI is InChI=1S/C19H21N3O2S/c1-21-11-10-19-17(13-21)16-12-15(8-9-18(16)22(19)2)25(23,24)20-14-6-4-3-5-7-14/h3-9,12,20H,10-11,13H2,1-2H3. The van der Waals surface area contributed by atoms with Gasteiger partial charge in [-0.05, 0) is 42.9 Å². The molecule has 0 saturated carbocycles. The molecule has 0 bridgehead atoms. The molecule has 1 aliphatic heterocycles. The minimum Gasteiger partial charge on any atom is -0.347 e. The van der Waals surface area contributed by atoms with Crippen molar-refractivity contribution in [3.63, 3.8) is 0 Å². The molecule has 2 aromatic carbocycles. The van der Waals surface area contributed by atoms with Crippen molar-refractivity contribution in [2.45, 2.75) is 17.9 Å². The maximum atomic E-state index is 12.8. The van der Waals surface area contributed by atoms with Crippen molar-refractivity contribution in [3.05, 3.63) is 59.8 Å². The maximum Gasteiger partial charge on any atom is 0.261 e. The van der Waals surface area contributed by atoms with Gasteiger partial charge < -0.3 is 9.47 Å². The molecule has 0 unspecified atom stereocenters. The lowest BCUT2D eigenvalue weighted by atomic mass is 10.1. The highest BCUT2D eigenvalue weighted by Crippen LogP contribution is 2.31. The van der Waals surface area contributed by atoms with E-state index in [-0.39, 0.29) is 0 Å². The van der Waals surface area contributed by atoms with E-state index < -0.39 is 10.0 Å². The Hall–Kier alpha value is -2.31. The number of hydrogen-bond donors (Lipinski definition) is 1. The predicted molar refractivity (Wildman–Crippen MR) is 100 cm³/mol. The van der Waals surface area contributed by atoms with Crippen molar-refractivity contribution in [2.75, 3.05) is 18.3 Å². The third-order valence-corrected chi connectivity index (χ3v) is 6.28. The molecule has 25 heavy (non-hydrogen) atoms. The Morgan fingerprint density at radius 3 is 2.56 bits per heavy atom. The zero-order valence-electron chi connectivity index (χ0n) is 14.4. The molecule has 4 rings (SSSR count). The van der Waals surface area contributed by atoms with E-state index in [4.69, 9.17) is 0 Å². The van der Waals surface area contributed by atoms with Crippen LogP contribution in [-0.4, -0.2) is 31.5 Å². The van der Waals surface area contributed by atoms with Crippen LogP contribution in [0.2, 0.25) is 0 Å². The molecule has 1 aromatic heterocycles. The van der Waals surface area contributed by atoms with E-state index in [2.05, 4.69) is 28.3 Å². The zero-order valence-corrected chi connectivity index (χ0v) is 15.2. The molecule has 0 saturated heterocycles. The molecule has 0 amide bonds. The second-order valence-corrected chi connectivity index (χ2v) is 8.30. The van der Waals surface area contributed by atoms with Crippen LogP contribution in [0, 0.1) is 0 Å². The van der Waals surface area contributed by atoms with Gasteiger partial charge in [-0.1, -0.05) is 18.2 Å². The zero-order chi connectivity index (χ0) is 17.6. The molecular weight excluding hydrogens is 334 g/mol. The summed E-state index contributed by atoms with van der Waals surface area (Å²) in [6.45, 7) is 1.88. The van der Waals surface area contributed by atoms with Gasteiger partial charge >= 0.3 is 0 Å². The van der Waals surface area contributed by atoms with Crippen LogP contribution in [0.1, 0.15) is 11.3 Å². The minimum atomic E-state index is -3.61. The molecule has 5 nitrogen and oxygen atoms in total. The van der Waals surface area contributed by atoms with Crippen LogP contribution in [0.5, 0.6) is 0 Å². The number of nitrogens with zero attached hydrogens (tertiary/aromatic N) is 2. The summed E-state index contributed by atoms with van der Waals surface area (Å²) in [7, 11) is 0.547. The first-order valence-electron chi connectivity index (χ1n) is 8.32. The molecule has 6 heteroatoms. The summed E-state index contributed by atoms with van der Waals surface area (Å²) in [5.74, 6) is 0. The van der Waals surface area contributed by atoms with Crippen LogP contribution in [0.15, 0.2) is 53.4 Å². The van der Waals surface area contributed by atoms with Gasteiger partial charge in [0.25, 0.3) is 10.0 Å². The topological polar surface area (TPSA) is 54.3 Å². The first-order chi connectivity index (χ1) is 12.0. The van der Waals surface area contributed by atoms with E-state index in [1.807, 2.05) is 24.3 Å². The van der Waals surface area contributed by atoms with Crippen molar-refractivity contribution in [1.82, 2.24) is 9.47 Å². The second-order valence-electron chi connectivity index (χ2n) is 6.62. The second kappa shape index (κ2) is 5.89. The van der Waals surface area contributed by atoms with Gasteiger partial charge in [-0.25, -0.2) is 8.42 Å². The van der Waals surface area contributed by atoms with Crippen LogP contribution >= 0.6 is 0 Å². The molecule has 0 spiro atoms. The largest absolute Gasteiger partial charge is 0.347 e. The van der Waals surface area contributed by atoms with Crippen LogP contribution in [-0.2, 0) is 30.0 Å². The highest BCUT2D eigenvalue weighted by Gasteiger charge is 2.23. The first kappa shape index (κ1) is 16.2.